The van der Waals surface area contributed by atoms with Crippen molar-refractivity contribution >= 4 is 31.3 Å². The summed E-state index contributed by atoms with van der Waals surface area (Å²) < 4.78 is 52.3. The van der Waals surface area contributed by atoms with Crippen molar-refractivity contribution in [3.63, 3.8) is 0 Å². The van der Waals surface area contributed by atoms with E-state index < -0.39 is 19.7 Å². The van der Waals surface area contributed by atoms with Crippen LogP contribution in [0.3, 0.4) is 0 Å². The van der Waals surface area contributed by atoms with Gasteiger partial charge in [0.05, 0.1) is 28.5 Å². The van der Waals surface area contributed by atoms with E-state index in [1.807, 2.05) is 4.90 Å². The first-order valence-corrected chi connectivity index (χ1v) is 11.2. The molecule has 0 bridgehead atoms. The van der Waals surface area contributed by atoms with E-state index in [1.165, 1.54) is 25.3 Å². The van der Waals surface area contributed by atoms with Crippen LogP contribution in [0.5, 0.6) is 0 Å². The molecule has 0 unspecified atom stereocenters. The minimum atomic E-state index is -3.60. The van der Waals surface area contributed by atoms with Gasteiger partial charge in [0, 0.05) is 25.6 Å². The summed E-state index contributed by atoms with van der Waals surface area (Å²) in [5.41, 5.74) is 0.466. The molecule has 0 spiro atoms. The van der Waals surface area contributed by atoms with Gasteiger partial charge in [-0.2, -0.15) is 0 Å². The van der Waals surface area contributed by atoms with Gasteiger partial charge in [0.2, 0.25) is 0 Å². The highest BCUT2D eigenvalue weighted by atomic mass is 32.2. The highest BCUT2D eigenvalue weighted by Crippen LogP contribution is 2.31. The number of piperidine rings is 1. The first-order valence-electron chi connectivity index (χ1n) is 7.41. The third kappa shape index (κ3) is 4.07. The molecular formula is C15H21NO6S2. The molecule has 2 rings (SSSR count). The summed E-state index contributed by atoms with van der Waals surface area (Å²) in [4.78, 5) is 13.4. The fourth-order valence-corrected chi connectivity index (χ4v) is 4.45. The average molecular weight is 375 g/mol. The lowest BCUT2D eigenvalue weighted by atomic mass is 9.96. The number of nitrogens with zero attached hydrogens (tertiary/aromatic N) is 1. The lowest BCUT2D eigenvalue weighted by molar-refractivity contribution is -0.146. The summed E-state index contributed by atoms with van der Waals surface area (Å²) in [6.45, 7) is 1.00. The monoisotopic (exact) mass is 375 g/mol. The van der Waals surface area contributed by atoms with Crippen molar-refractivity contribution in [3.8, 4) is 0 Å². The van der Waals surface area contributed by atoms with E-state index in [9.17, 15) is 21.6 Å². The van der Waals surface area contributed by atoms with Crippen LogP contribution in [0.2, 0.25) is 0 Å². The van der Waals surface area contributed by atoms with E-state index in [-0.39, 0.29) is 21.7 Å². The number of hydrogen-bond acceptors (Lipinski definition) is 7. The molecule has 24 heavy (non-hydrogen) atoms. The van der Waals surface area contributed by atoms with Gasteiger partial charge < -0.3 is 9.64 Å². The normalized spacial score (nSPS) is 16.9. The molecule has 0 radical (unpaired) electrons. The Morgan fingerprint density at radius 1 is 1.08 bits per heavy atom. The molecule has 7 nitrogen and oxygen atoms in total. The number of ether oxygens (including phenoxy) is 1. The number of hydrogen-bond donors (Lipinski definition) is 0. The van der Waals surface area contributed by atoms with Gasteiger partial charge in [0.25, 0.3) is 0 Å². The van der Waals surface area contributed by atoms with Crippen LogP contribution in [0, 0.1) is 5.92 Å². The molecule has 134 valence electrons. The van der Waals surface area contributed by atoms with E-state index in [0.29, 0.717) is 31.6 Å². The van der Waals surface area contributed by atoms with E-state index in [1.54, 1.807) is 0 Å². The average Bonchev–Trinajstić information content (AvgIpc) is 2.52. The van der Waals surface area contributed by atoms with Gasteiger partial charge in [0.1, 0.15) is 0 Å². The van der Waals surface area contributed by atoms with Gasteiger partial charge in [-0.1, -0.05) is 0 Å². The Hall–Kier alpha value is -1.61. The van der Waals surface area contributed by atoms with Crippen molar-refractivity contribution in [3.05, 3.63) is 18.2 Å². The Morgan fingerprint density at radius 3 is 2.12 bits per heavy atom. The van der Waals surface area contributed by atoms with Crippen LogP contribution in [-0.2, 0) is 29.2 Å². The summed E-state index contributed by atoms with van der Waals surface area (Å²) in [5, 5.41) is 0. The Kier molecular flexibility index (Phi) is 5.24. The fraction of sp³-hybridized carbons (Fsp3) is 0.533. The summed E-state index contributed by atoms with van der Waals surface area (Å²) in [5.74, 6) is -0.450. The number of methoxy groups -OCH3 is 1. The Labute approximate surface area is 142 Å². The van der Waals surface area contributed by atoms with Gasteiger partial charge >= 0.3 is 5.97 Å². The van der Waals surface area contributed by atoms with E-state index in [2.05, 4.69) is 0 Å². The molecule has 0 N–H and O–H groups in total. The molecule has 1 fully saturated rings. The maximum absolute atomic E-state index is 12.1. The first kappa shape index (κ1) is 18.7. The third-order valence-corrected chi connectivity index (χ3v) is 6.37. The zero-order valence-corrected chi connectivity index (χ0v) is 15.5. The maximum atomic E-state index is 12.1. The standard InChI is InChI=1S/C15H21NO6S2/c1-22-15(17)11-6-8-16(9-7-11)13-5-4-12(23(2,18)19)10-14(13)24(3,20)21/h4-5,10-11H,6-9H2,1-3H3. The van der Waals surface area contributed by atoms with Gasteiger partial charge in [-0.15, -0.1) is 0 Å². The van der Waals surface area contributed by atoms with E-state index >= 15 is 0 Å². The van der Waals surface area contributed by atoms with Crippen molar-refractivity contribution in [2.75, 3.05) is 37.6 Å². The number of anilines is 1. The van der Waals surface area contributed by atoms with E-state index in [4.69, 9.17) is 4.74 Å². The molecule has 1 aromatic carbocycles. The van der Waals surface area contributed by atoms with Crippen molar-refractivity contribution in [2.24, 2.45) is 5.92 Å². The number of esters is 1. The van der Waals surface area contributed by atoms with Crippen LogP contribution in [-0.4, -0.2) is 55.5 Å². The Morgan fingerprint density at radius 2 is 1.67 bits per heavy atom. The first-order chi connectivity index (χ1) is 11.0. The van der Waals surface area contributed by atoms with Crippen LogP contribution in [0.15, 0.2) is 28.0 Å². The van der Waals surface area contributed by atoms with Crippen LogP contribution < -0.4 is 4.90 Å². The number of carbonyl (C=O) groups is 1. The maximum Gasteiger partial charge on any atom is 0.308 e. The van der Waals surface area contributed by atoms with Gasteiger partial charge in [-0.05, 0) is 31.0 Å². The summed E-state index contributed by atoms with van der Waals surface area (Å²) in [7, 11) is -5.75. The predicted molar refractivity (Wildman–Crippen MR) is 89.6 cm³/mol. The molecule has 0 amide bonds. The molecule has 0 saturated carbocycles. The SMILES string of the molecule is COC(=O)C1CCN(c2ccc(S(C)(=O)=O)cc2S(C)(=O)=O)CC1. The zero-order chi connectivity index (χ0) is 18.1. The second-order valence-electron chi connectivity index (χ2n) is 5.96. The minimum absolute atomic E-state index is 0.0121. The largest absolute Gasteiger partial charge is 0.469 e. The third-order valence-electron chi connectivity index (χ3n) is 4.13. The molecule has 1 saturated heterocycles. The Bertz CT molecular complexity index is 837. The van der Waals surface area contributed by atoms with Crippen LogP contribution in [0.4, 0.5) is 5.69 Å². The second-order valence-corrected chi connectivity index (χ2v) is 9.96. The van der Waals surface area contributed by atoms with Gasteiger partial charge in [0.15, 0.2) is 19.7 Å². The predicted octanol–water partition coefficient (Wildman–Crippen LogP) is 0.883. The topological polar surface area (TPSA) is 97.8 Å². The molecule has 0 aromatic heterocycles. The highest BCUT2D eigenvalue weighted by molar-refractivity contribution is 7.91. The highest BCUT2D eigenvalue weighted by Gasteiger charge is 2.28. The quantitative estimate of drug-likeness (QED) is 0.721. The summed E-state index contributed by atoms with van der Waals surface area (Å²) in [6.07, 6.45) is 3.21. The van der Waals surface area contributed by atoms with E-state index in [0.717, 1.165) is 12.5 Å². The molecule has 9 heteroatoms. The number of benzene rings is 1. The van der Waals surface area contributed by atoms with Gasteiger partial charge in [-0.3, -0.25) is 4.79 Å². The molecular weight excluding hydrogens is 354 g/mol. The zero-order valence-electron chi connectivity index (χ0n) is 13.9. The number of rotatable bonds is 4. The lowest BCUT2D eigenvalue weighted by Crippen LogP contribution is -2.37. The number of carbonyl (C=O) groups excluding carboxylic acids is 1. The van der Waals surface area contributed by atoms with Crippen LogP contribution in [0.25, 0.3) is 0 Å². The van der Waals surface area contributed by atoms with Crippen molar-refractivity contribution < 1.29 is 26.4 Å². The lowest BCUT2D eigenvalue weighted by Gasteiger charge is -2.33. The Balaban J connectivity index is 2.36. The van der Waals surface area contributed by atoms with Crippen molar-refractivity contribution in [1.29, 1.82) is 0 Å². The van der Waals surface area contributed by atoms with Crippen LogP contribution >= 0.6 is 0 Å². The second kappa shape index (κ2) is 6.72. The van der Waals surface area contributed by atoms with Crippen molar-refractivity contribution in [1.82, 2.24) is 0 Å². The summed E-state index contributed by atoms with van der Waals surface area (Å²) >= 11 is 0. The van der Waals surface area contributed by atoms with Gasteiger partial charge in [-0.25, -0.2) is 16.8 Å². The van der Waals surface area contributed by atoms with Crippen LogP contribution in [0.1, 0.15) is 12.8 Å². The molecule has 0 atom stereocenters. The van der Waals surface area contributed by atoms with Crippen molar-refractivity contribution in [2.45, 2.75) is 22.6 Å². The molecule has 1 aromatic rings. The fourth-order valence-electron chi connectivity index (χ4n) is 2.81. The molecule has 1 heterocycles. The summed E-state index contributed by atoms with van der Waals surface area (Å²) in [6, 6.07) is 4.13. The molecule has 1 aliphatic heterocycles. The smallest absolute Gasteiger partial charge is 0.308 e. The molecule has 1 aliphatic rings. The number of sulfone groups is 2. The minimum Gasteiger partial charge on any atom is -0.469 e. The molecule has 0 aliphatic carbocycles.